The molecule has 0 aliphatic carbocycles. The standard InChI is InChI=1S/C16H15BrN2O4/c1-18-14(20)13-12-8(7-23-15(13)19(2)16(18)21)6-22-11-4-3-9(17)5-10(11)12/h3-5,8,12H,6-7H2,1-2H3/t8-,12+/m1/s1. The average Bonchev–Trinajstić information content (AvgIpc) is 2.56. The molecule has 7 heteroatoms. The molecule has 0 N–H and O–H groups in total. The Balaban J connectivity index is 2.05. The zero-order valence-electron chi connectivity index (χ0n) is 12.7. The lowest BCUT2D eigenvalue weighted by Gasteiger charge is -2.38. The second kappa shape index (κ2) is 4.99. The first-order valence-electron chi connectivity index (χ1n) is 7.34. The maximum absolute atomic E-state index is 12.8. The fourth-order valence-electron chi connectivity index (χ4n) is 3.45. The second-order valence-electron chi connectivity index (χ2n) is 5.97. The molecule has 2 atom stereocenters. The van der Waals surface area contributed by atoms with Gasteiger partial charge in [0, 0.05) is 36.0 Å². The van der Waals surface area contributed by atoms with Crippen LogP contribution in [0.3, 0.4) is 0 Å². The van der Waals surface area contributed by atoms with Gasteiger partial charge in [-0.15, -0.1) is 0 Å². The van der Waals surface area contributed by atoms with Crippen molar-refractivity contribution in [1.29, 1.82) is 0 Å². The highest BCUT2D eigenvalue weighted by Crippen LogP contribution is 2.46. The quantitative estimate of drug-likeness (QED) is 0.694. The zero-order chi connectivity index (χ0) is 16.3. The van der Waals surface area contributed by atoms with E-state index >= 15 is 0 Å². The molecule has 3 heterocycles. The third-order valence-corrected chi connectivity index (χ3v) is 5.11. The molecule has 0 radical (unpaired) electrons. The number of hydrogen-bond donors (Lipinski definition) is 0. The molecule has 1 aromatic carbocycles. The van der Waals surface area contributed by atoms with Crippen LogP contribution in [0.2, 0.25) is 0 Å². The summed E-state index contributed by atoms with van der Waals surface area (Å²) in [4.78, 5) is 24.9. The molecule has 0 bridgehead atoms. The summed E-state index contributed by atoms with van der Waals surface area (Å²) in [5, 5.41) is 0. The maximum Gasteiger partial charge on any atom is 0.333 e. The van der Waals surface area contributed by atoms with Gasteiger partial charge in [0.25, 0.3) is 5.56 Å². The van der Waals surface area contributed by atoms with Gasteiger partial charge in [0.15, 0.2) is 0 Å². The zero-order valence-corrected chi connectivity index (χ0v) is 14.3. The summed E-state index contributed by atoms with van der Waals surface area (Å²) in [7, 11) is 3.12. The van der Waals surface area contributed by atoms with Crippen LogP contribution in [0, 0.1) is 5.92 Å². The fraction of sp³-hybridized carbons (Fsp3) is 0.375. The summed E-state index contributed by atoms with van der Waals surface area (Å²) in [5.41, 5.74) is 0.809. The van der Waals surface area contributed by atoms with E-state index < -0.39 is 0 Å². The first-order valence-corrected chi connectivity index (χ1v) is 8.13. The van der Waals surface area contributed by atoms with Gasteiger partial charge in [-0.3, -0.25) is 13.9 Å². The minimum atomic E-state index is -0.381. The van der Waals surface area contributed by atoms with Crippen LogP contribution in [0.5, 0.6) is 11.6 Å². The van der Waals surface area contributed by atoms with E-state index in [4.69, 9.17) is 9.47 Å². The van der Waals surface area contributed by atoms with Gasteiger partial charge in [-0.25, -0.2) is 4.79 Å². The van der Waals surface area contributed by atoms with Crippen molar-refractivity contribution in [2.45, 2.75) is 5.92 Å². The lowest BCUT2D eigenvalue weighted by molar-refractivity contribution is 0.116. The minimum absolute atomic E-state index is 0.0505. The van der Waals surface area contributed by atoms with Crippen molar-refractivity contribution in [2.24, 2.45) is 20.0 Å². The third kappa shape index (κ3) is 1.99. The number of ether oxygens (including phenoxy) is 2. The molecule has 1 aromatic heterocycles. The number of halogens is 1. The molecular weight excluding hydrogens is 364 g/mol. The number of hydrogen-bond acceptors (Lipinski definition) is 4. The Morgan fingerprint density at radius 2 is 1.87 bits per heavy atom. The first kappa shape index (κ1) is 14.6. The van der Waals surface area contributed by atoms with E-state index in [1.165, 1.54) is 11.6 Å². The van der Waals surface area contributed by atoms with Crippen molar-refractivity contribution < 1.29 is 9.47 Å². The van der Waals surface area contributed by atoms with Crippen LogP contribution in [-0.2, 0) is 14.1 Å². The summed E-state index contributed by atoms with van der Waals surface area (Å²) >= 11 is 3.48. The van der Waals surface area contributed by atoms with Gasteiger partial charge >= 0.3 is 5.69 Å². The number of rotatable bonds is 0. The van der Waals surface area contributed by atoms with Crippen LogP contribution < -0.4 is 20.7 Å². The largest absolute Gasteiger partial charge is 0.493 e. The predicted molar refractivity (Wildman–Crippen MR) is 87.4 cm³/mol. The Hall–Kier alpha value is -2.02. The normalized spacial score (nSPS) is 21.5. The van der Waals surface area contributed by atoms with Crippen molar-refractivity contribution in [3.63, 3.8) is 0 Å². The number of fused-ring (bicyclic) bond motifs is 5. The van der Waals surface area contributed by atoms with E-state index in [0.29, 0.717) is 24.7 Å². The van der Waals surface area contributed by atoms with Crippen LogP contribution in [0.15, 0.2) is 32.3 Å². The molecule has 120 valence electrons. The Morgan fingerprint density at radius 3 is 2.65 bits per heavy atom. The van der Waals surface area contributed by atoms with Crippen molar-refractivity contribution >= 4 is 15.9 Å². The lowest BCUT2D eigenvalue weighted by Crippen LogP contribution is -2.46. The van der Waals surface area contributed by atoms with Crippen LogP contribution in [0.1, 0.15) is 17.0 Å². The van der Waals surface area contributed by atoms with Crippen molar-refractivity contribution in [1.82, 2.24) is 9.13 Å². The molecule has 23 heavy (non-hydrogen) atoms. The minimum Gasteiger partial charge on any atom is -0.493 e. The molecule has 4 rings (SSSR count). The third-order valence-electron chi connectivity index (χ3n) is 4.62. The molecular formula is C16H15BrN2O4. The Labute approximate surface area is 140 Å². The smallest absolute Gasteiger partial charge is 0.333 e. The molecule has 0 fully saturated rings. The summed E-state index contributed by atoms with van der Waals surface area (Å²) in [6.45, 7) is 0.912. The van der Waals surface area contributed by atoms with E-state index in [1.807, 2.05) is 18.2 Å². The molecule has 2 aliphatic rings. The van der Waals surface area contributed by atoms with Gasteiger partial charge in [0.1, 0.15) is 5.75 Å². The number of aromatic nitrogens is 2. The highest BCUT2D eigenvalue weighted by molar-refractivity contribution is 9.10. The van der Waals surface area contributed by atoms with Gasteiger partial charge in [-0.2, -0.15) is 0 Å². The highest BCUT2D eigenvalue weighted by Gasteiger charge is 2.41. The van der Waals surface area contributed by atoms with Crippen molar-refractivity contribution in [3.8, 4) is 11.6 Å². The molecule has 0 spiro atoms. The molecule has 6 nitrogen and oxygen atoms in total. The van der Waals surface area contributed by atoms with Gasteiger partial charge in [0.05, 0.1) is 18.8 Å². The average molecular weight is 379 g/mol. The van der Waals surface area contributed by atoms with Crippen LogP contribution >= 0.6 is 15.9 Å². The van der Waals surface area contributed by atoms with Gasteiger partial charge in [0.2, 0.25) is 5.88 Å². The number of nitrogens with zero attached hydrogens (tertiary/aromatic N) is 2. The molecule has 0 unspecified atom stereocenters. The SMILES string of the molecule is Cn1c2c(c(=O)n(C)c1=O)[C@@H]1c3cc(Br)ccc3OC[C@@H]1CO2. The summed E-state index contributed by atoms with van der Waals surface area (Å²) in [6.07, 6.45) is 0. The van der Waals surface area contributed by atoms with Gasteiger partial charge < -0.3 is 9.47 Å². The molecule has 2 aliphatic heterocycles. The van der Waals surface area contributed by atoms with Crippen LogP contribution in [0.25, 0.3) is 0 Å². The van der Waals surface area contributed by atoms with E-state index in [1.54, 1.807) is 7.05 Å². The molecule has 0 saturated carbocycles. The Morgan fingerprint density at radius 1 is 1.13 bits per heavy atom. The summed E-state index contributed by atoms with van der Waals surface area (Å²) in [5.74, 6) is 1.06. The van der Waals surface area contributed by atoms with Crippen molar-refractivity contribution in [3.05, 3.63) is 54.6 Å². The lowest BCUT2D eigenvalue weighted by atomic mass is 9.79. The van der Waals surface area contributed by atoms with Gasteiger partial charge in [-0.05, 0) is 18.2 Å². The first-order chi connectivity index (χ1) is 11.0. The monoisotopic (exact) mass is 378 g/mol. The van der Waals surface area contributed by atoms with Crippen molar-refractivity contribution in [2.75, 3.05) is 13.2 Å². The van der Waals surface area contributed by atoms with E-state index in [2.05, 4.69) is 15.9 Å². The molecule has 2 aromatic rings. The second-order valence-corrected chi connectivity index (χ2v) is 6.88. The van der Waals surface area contributed by atoms with Crippen LogP contribution in [-0.4, -0.2) is 22.3 Å². The maximum atomic E-state index is 12.8. The summed E-state index contributed by atoms with van der Waals surface area (Å²) < 4.78 is 15.0. The fourth-order valence-corrected chi connectivity index (χ4v) is 3.83. The van der Waals surface area contributed by atoms with Crippen LogP contribution in [0.4, 0.5) is 0 Å². The Bertz CT molecular complexity index is 931. The van der Waals surface area contributed by atoms with Gasteiger partial charge in [-0.1, -0.05) is 15.9 Å². The summed E-state index contributed by atoms with van der Waals surface area (Å²) in [6, 6.07) is 5.79. The highest BCUT2D eigenvalue weighted by atomic mass is 79.9. The topological polar surface area (TPSA) is 62.5 Å². The van der Waals surface area contributed by atoms with E-state index in [0.717, 1.165) is 20.4 Å². The number of benzene rings is 1. The predicted octanol–water partition coefficient (Wildman–Crippen LogP) is 1.38. The Kier molecular flexibility index (Phi) is 3.16. The van der Waals surface area contributed by atoms with E-state index in [-0.39, 0.29) is 23.1 Å². The molecule has 0 amide bonds. The van der Waals surface area contributed by atoms with E-state index in [9.17, 15) is 9.59 Å². The molecule has 0 saturated heterocycles.